The van der Waals surface area contributed by atoms with Crippen LogP contribution in [-0.2, 0) is 0 Å². The van der Waals surface area contributed by atoms with E-state index in [0.29, 0.717) is 0 Å². The fraction of sp³-hybridized carbons (Fsp3) is 0.417. The van der Waals surface area contributed by atoms with Gasteiger partial charge in [-0.25, -0.2) is 0 Å². The Kier molecular flexibility index (Phi) is 4.24. The molecule has 0 atom stereocenters. The summed E-state index contributed by atoms with van der Waals surface area (Å²) in [6, 6.07) is 0. The summed E-state index contributed by atoms with van der Waals surface area (Å²) < 4.78 is 0. The van der Waals surface area contributed by atoms with Crippen LogP contribution in [0.25, 0.3) is 0 Å². The van der Waals surface area contributed by atoms with Crippen molar-refractivity contribution < 1.29 is 0 Å². The van der Waals surface area contributed by atoms with Crippen molar-refractivity contribution in [1.82, 2.24) is 0 Å². The summed E-state index contributed by atoms with van der Waals surface area (Å²) in [5.74, 6) is 0. The van der Waals surface area contributed by atoms with Gasteiger partial charge in [0.25, 0.3) is 0 Å². The molecule has 0 spiro atoms. The van der Waals surface area contributed by atoms with Crippen LogP contribution in [0.2, 0.25) is 0 Å². The Labute approximate surface area is 80.6 Å². The Bertz CT molecular complexity index is 267. The Morgan fingerprint density at radius 3 is 3.08 bits per heavy atom. The zero-order valence-corrected chi connectivity index (χ0v) is 8.46. The van der Waals surface area contributed by atoms with Crippen molar-refractivity contribution >= 4 is 6.21 Å². The Balaban J connectivity index is 2.80. The summed E-state index contributed by atoms with van der Waals surface area (Å²) in [5, 5.41) is 0. The quantitative estimate of drug-likeness (QED) is 0.607. The third-order valence-electron chi connectivity index (χ3n) is 2.06. The van der Waals surface area contributed by atoms with Crippen molar-refractivity contribution in [3.05, 3.63) is 35.6 Å². The van der Waals surface area contributed by atoms with Gasteiger partial charge in [-0.15, -0.1) is 0 Å². The number of hydrogen-bond donors (Lipinski definition) is 0. The molecule has 0 amide bonds. The van der Waals surface area contributed by atoms with Gasteiger partial charge in [-0.05, 0) is 31.4 Å². The van der Waals surface area contributed by atoms with Gasteiger partial charge in [0, 0.05) is 6.21 Å². The monoisotopic (exact) mass is 175 g/mol. The van der Waals surface area contributed by atoms with Crippen LogP contribution in [0.4, 0.5) is 0 Å². The highest BCUT2D eigenvalue weighted by atomic mass is 14.7. The van der Waals surface area contributed by atoms with Gasteiger partial charge in [0.2, 0.25) is 0 Å². The van der Waals surface area contributed by atoms with Gasteiger partial charge in [-0.1, -0.05) is 31.6 Å². The number of aliphatic imine (C=N–C) groups is 1. The first-order valence-electron chi connectivity index (χ1n) is 4.93. The SMILES string of the molecule is C/C=C1/N=CC=CC/C1=C/CCC. The fourth-order valence-corrected chi connectivity index (χ4v) is 1.33. The largest absolute Gasteiger partial charge is 0.257 e. The summed E-state index contributed by atoms with van der Waals surface area (Å²) in [6.45, 7) is 4.24. The lowest BCUT2D eigenvalue weighted by Crippen LogP contribution is -1.84. The molecule has 1 rings (SSSR count). The van der Waals surface area contributed by atoms with Crippen LogP contribution in [0.3, 0.4) is 0 Å². The molecule has 0 aliphatic carbocycles. The van der Waals surface area contributed by atoms with E-state index in [1.165, 1.54) is 12.0 Å². The normalized spacial score (nSPS) is 22.6. The van der Waals surface area contributed by atoms with E-state index in [2.05, 4.69) is 30.1 Å². The first-order valence-corrected chi connectivity index (χ1v) is 4.93. The third kappa shape index (κ3) is 3.02. The molecule has 70 valence electrons. The second-order valence-electron chi connectivity index (χ2n) is 3.10. The Morgan fingerprint density at radius 2 is 2.38 bits per heavy atom. The van der Waals surface area contributed by atoms with Crippen molar-refractivity contribution in [2.75, 3.05) is 0 Å². The molecule has 0 aromatic rings. The summed E-state index contributed by atoms with van der Waals surface area (Å²) in [5.41, 5.74) is 2.48. The number of nitrogens with zero attached hydrogens (tertiary/aromatic N) is 1. The summed E-state index contributed by atoms with van der Waals surface area (Å²) in [7, 11) is 0. The van der Waals surface area contributed by atoms with Gasteiger partial charge in [-0.3, -0.25) is 4.99 Å². The van der Waals surface area contributed by atoms with Crippen LogP contribution in [-0.4, -0.2) is 6.21 Å². The molecule has 0 N–H and O–H groups in total. The molecule has 0 saturated carbocycles. The molecule has 1 aliphatic rings. The predicted octanol–water partition coefficient (Wildman–Crippen LogP) is 3.65. The molecule has 0 aromatic carbocycles. The average Bonchev–Trinajstić information content (AvgIpc) is 2.39. The number of unbranched alkanes of at least 4 members (excludes halogenated alkanes) is 1. The highest BCUT2D eigenvalue weighted by molar-refractivity contribution is 5.74. The van der Waals surface area contributed by atoms with Crippen molar-refractivity contribution in [1.29, 1.82) is 0 Å². The lowest BCUT2D eigenvalue weighted by molar-refractivity contribution is 0.943. The molecule has 1 heterocycles. The van der Waals surface area contributed by atoms with Crippen LogP contribution in [0.1, 0.15) is 33.1 Å². The van der Waals surface area contributed by atoms with E-state index < -0.39 is 0 Å². The van der Waals surface area contributed by atoms with Crippen molar-refractivity contribution in [3.8, 4) is 0 Å². The maximum atomic E-state index is 4.36. The van der Waals surface area contributed by atoms with Crippen LogP contribution in [0.5, 0.6) is 0 Å². The van der Waals surface area contributed by atoms with Gasteiger partial charge in [0.15, 0.2) is 0 Å². The Hall–Kier alpha value is -1.11. The van der Waals surface area contributed by atoms with E-state index in [9.17, 15) is 0 Å². The molecule has 0 bridgehead atoms. The predicted molar refractivity (Wildman–Crippen MR) is 59.0 cm³/mol. The number of rotatable bonds is 2. The second kappa shape index (κ2) is 5.52. The molecular formula is C12H17N. The smallest absolute Gasteiger partial charge is 0.0618 e. The van der Waals surface area contributed by atoms with Crippen LogP contribution >= 0.6 is 0 Å². The highest BCUT2D eigenvalue weighted by Crippen LogP contribution is 2.19. The van der Waals surface area contributed by atoms with Crippen LogP contribution < -0.4 is 0 Å². The van der Waals surface area contributed by atoms with E-state index in [4.69, 9.17) is 0 Å². The first kappa shape index (κ1) is 9.97. The molecule has 0 fully saturated rings. The summed E-state index contributed by atoms with van der Waals surface area (Å²) >= 11 is 0. The van der Waals surface area contributed by atoms with Crippen molar-refractivity contribution in [3.63, 3.8) is 0 Å². The van der Waals surface area contributed by atoms with Crippen molar-refractivity contribution in [2.24, 2.45) is 4.99 Å². The minimum Gasteiger partial charge on any atom is -0.257 e. The number of allylic oxidation sites excluding steroid dienone is 5. The lowest BCUT2D eigenvalue weighted by atomic mass is 10.1. The van der Waals surface area contributed by atoms with Gasteiger partial charge >= 0.3 is 0 Å². The third-order valence-corrected chi connectivity index (χ3v) is 2.06. The maximum absolute atomic E-state index is 4.36. The molecule has 1 heteroatoms. The van der Waals surface area contributed by atoms with Crippen molar-refractivity contribution in [2.45, 2.75) is 33.1 Å². The molecule has 0 unspecified atom stereocenters. The first-order chi connectivity index (χ1) is 6.38. The average molecular weight is 175 g/mol. The minimum atomic E-state index is 1.01. The zero-order chi connectivity index (χ0) is 9.52. The molecule has 13 heavy (non-hydrogen) atoms. The van der Waals surface area contributed by atoms with E-state index in [0.717, 1.165) is 18.5 Å². The van der Waals surface area contributed by atoms with Crippen LogP contribution in [0.15, 0.2) is 40.6 Å². The van der Waals surface area contributed by atoms with E-state index >= 15 is 0 Å². The topological polar surface area (TPSA) is 12.4 Å². The van der Waals surface area contributed by atoms with Gasteiger partial charge in [0.05, 0.1) is 5.70 Å². The molecule has 0 saturated heterocycles. The number of hydrogen-bond acceptors (Lipinski definition) is 1. The van der Waals surface area contributed by atoms with E-state index in [1.807, 2.05) is 19.2 Å². The van der Waals surface area contributed by atoms with Gasteiger partial charge in [-0.2, -0.15) is 0 Å². The molecule has 0 aromatic heterocycles. The second-order valence-corrected chi connectivity index (χ2v) is 3.10. The van der Waals surface area contributed by atoms with Gasteiger partial charge in [0.1, 0.15) is 0 Å². The molecule has 0 radical (unpaired) electrons. The maximum Gasteiger partial charge on any atom is 0.0618 e. The minimum absolute atomic E-state index is 1.01. The molecule has 1 aliphatic heterocycles. The van der Waals surface area contributed by atoms with E-state index in [1.54, 1.807) is 0 Å². The summed E-state index contributed by atoms with van der Waals surface area (Å²) in [4.78, 5) is 4.36. The Morgan fingerprint density at radius 1 is 1.54 bits per heavy atom. The van der Waals surface area contributed by atoms with Crippen LogP contribution in [0, 0.1) is 0 Å². The fourth-order valence-electron chi connectivity index (χ4n) is 1.33. The highest BCUT2D eigenvalue weighted by Gasteiger charge is 2.01. The zero-order valence-electron chi connectivity index (χ0n) is 8.46. The molecular weight excluding hydrogens is 158 g/mol. The summed E-state index contributed by atoms with van der Waals surface area (Å²) in [6.07, 6.45) is 13.8. The van der Waals surface area contributed by atoms with Gasteiger partial charge < -0.3 is 0 Å². The van der Waals surface area contributed by atoms with E-state index in [-0.39, 0.29) is 0 Å². The lowest BCUT2D eigenvalue weighted by Gasteiger charge is -2.03. The standard InChI is InChI=1S/C12H17N/c1-3-5-8-11-9-6-7-10-13-12(11)4-2/h4,6-8,10H,3,5,9H2,1-2H3/b11-8-,12-4+. The molecule has 1 nitrogen and oxygen atoms in total.